The average molecular weight is 485 g/mol. The van der Waals surface area contributed by atoms with Crippen molar-refractivity contribution in [3.63, 3.8) is 0 Å². The van der Waals surface area contributed by atoms with E-state index >= 15 is 0 Å². The zero-order valence-corrected chi connectivity index (χ0v) is 20.3. The van der Waals surface area contributed by atoms with Crippen LogP contribution >= 0.6 is 23.2 Å². The minimum absolute atomic E-state index is 0.0810. The fourth-order valence-electron chi connectivity index (χ4n) is 5.06. The van der Waals surface area contributed by atoms with Crippen LogP contribution in [-0.2, 0) is 0 Å². The molecule has 0 radical (unpaired) electrons. The molecule has 33 heavy (non-hydrogen) atoms. The van der Waals surface area contributed by atoms with E-state index in [1.807, 2.05) is 23.1 Å². The maximum absolute atomic E-state index is 13.3. The highest BCUT2D eigenvalue weighted by Crippen LogP contribution is 2.35. The molecule has 1 heterocycles. The van der Waals surface area contributed by atoms with Crippen LogP contribution in [0.3, 0.4) is 0 Å². The number of nitriles is 1. The number of likely N-dealkylation sites (tertiary alicyclic amines) is 1. The number of nitrogens with zero attached hydrogens (tertiary/aromatic N) is 3. The molecule has 1 N–H and O–H groups in total. The molecule has 2 aromatic rings. The summed E-state index contributed by atoms with van der Waals surface area (Å²) in [6.07, 6.45) is 6.41. The third kappa shape index (κ3) is 6.20. The predicted octanol–water partition coefficient (Wildman–Crippen LogP) is 6.52. The first kappa shape index (κ1) is 23.9. The SMILES string of the molecule is N#Cc1cccc(C2CCC(N(CCN3CCCC3)C(=O)Nc3ccc(Cl)c(Cl)c3)CC2)c1. The Morgan fingerprint density at radius 1 is 1.06 bits per heavy atom. The van der Waals surface area contributed by atoms with Crippen LogP contribution in [0.2, 0.25) is 10.0 Å². The quantitative estimate of drug-likeness (QED) is 0.507. The summed E-state index contributed by atoms with van der Waals surface area (Å²) in [5, 5.41) is 13.1. The van der Waals surface area contributed by atoms with Gasteiger partial charge in [-0.1, -0.05) is 35.3 Å². The van der Waals surface area contributed by atoms with E-state index in [1.54, 1.807) is 18.2 Å². The minimum atomic E-state index is -0.0810. The summed E-state index contributed by atoms with van der Waals surface area (Å²) in [7, 11) is 0. The summed E-state index contributed by atoms with van der Waals surface area (Å²) in [5.41, 5.74) is 2.60. The van der Waals surface area contributed by atoms with Crippen molar-refractivity contribution in [1.82, 2.24) is 9.80 Å². The number of benzene rings is 2. The van der Waals surface area contributed by atoms with Crippen molar-refractivity contribution in [2.45, 2.75) is 50.5 Å². The molecule has 5 nitrogen and oxygen atoms in total. The van der Waals surface area contributed by atoms with E-state index < -0.39 is 0 Å². The van der Waals surface area contributed by atoms with Gasteiger partial charge in [0, 0.05) is 24.8 Å². The average Bonchev–Trinajstić information content (AvgIpc) is 3.36. The number of anilines is 1. The summed E-state index contributed by atoms with van der Waals surface area (Å²) in [6, 6.07) is 15.5. The lowest BCUT2D eigenvalue weighted by molar-refractivity contribution is 0.151. The van der Waals surface area contributed by atoms with Crippen LogP contribution in [0.15, 0.2) is 42.5 Å². The van der Waals surface area contributed by atoms with Crippen molar-refractivity contribution in [2.24, 2.45) is 0 Å². The maximum atomic E-state index is 13.3. The van der Waals surface area contributed by atoms with E-state index in [1.165, 1.54) is 18.4 Å². The molecule has 0 aromatic heterocycles. The highest BCUT2D eigenvalue weighted by molar-refractivity contribution is 6.42. The number of rotatable bonds is 6. The van der Waals surface area contributed by atoms with E-state index in [4.69, 9.17) is 23.2 Å². The zero-order chi connectivity index (χ0) is 23.2. The summed E-state index contributed by atoms with van der Waals surface area (Å²) >= 11 is 12.2. The first-order chi connectivity index (χ1) is 16.0. The normalized spacial score (nSPS) is 20.9. The Balaban J connectivity index is 1.43. The van der Waals surface area contributed by atoms with E-state index in [0.29, 0.717) is 33.8 Å². The van der Waals surface area contributed by atoms with Gasteiger partial charge >= 0.3 is 6.03 Å². The Bertz CT molecular complexity index is 1010. The molecule has 1 aliphatic heterocycles. The molecule has 174 valence electrons. The van der Waals surface area contributed by atoms with Gasteiger partial charge in [-0.25, -0.2) is 4.79 Å². The van der Waals surface area contributed by atoms with Crippen molar-refractivity contribution >= 4 is 34.9 Å². The second-order valence-electron chi connectivity index (χ2n) is 9.04. The van der Waals surface area contributed by atoms with Gasteiger partial charge in [0.2, 0.25) is 0 Å². The topological polar surface area (TPSA) is 59.4 Å². The van der Waals surface area contributed by atoms with Crippen LogP contribution in [0.5, 0.6) is 0 Å². The van der Waals surface area contributed by atoms with Crippen LogP contribution in [-0.4, -0.2) is 48.1 Å². The molecule has 4 rings (SSSR count). The highest BCUT2D eigenvalue weighted by Gasteiger charge is 2.30. The first-order valence-corrected chi connectivity index (χ1v) is 12.5. The fourth-order valence-corrected chi connectivity index (χ4v) is 5.36. The predicted molar refractivity (Wildman–Crippen MR) is 134 cm³/mol. The van der Waals surface area contributed by atoms with Crippen molar-refractivity contribution in [2.75, 3.05) is 31.5 Å². The molecule has 1 saturated carbocycles. The van der Waals surface area contributed by atoms with Crippen molar-refractivity contribution in [1.29, 1.82) is 5.26 Å². The standard InChI is InChI=1S/C26H30Cl2N4O/c27-24-11-8-22(17-25(24)28)30-26(33)32(15-14-31-12-1-2-13-31)23-9-6-20(7-10-23)21-5-3-4-19(16-21)18-29/h3-5,8,11,16-17,20,23H,1-2,6-7,9-10,12-15H2,(H,30,33). The Kier molecular flexibility index (Phi) is 8.14. The van der Waals surface area contributed by atoms with Crippen LogP contribution in [0.1, 0.15) is 55.6 Å². The number of urea groups is 1. The van der Waals surface area contributed by atoms with Gasteiger partial charge in [0.25, 0.3) is 0 Å². The Morgan fingerprint density at radius 3 is 2.52 bits per heavy atom. The lowest BCUT2D eigenvalue weighted by atomic mass is 9.81. The van der Waals surface area contributed by atoms with E-state index in [-0.39, 0.29) is 12.1 Å². The molecule has 0 atom stereocenters. The Labute approximate surface area is 206 Å². The van der Waals surface area contributed by atoms with E-state index in [2.05, 4.69) is 22.4 Å². The van der Waals surface area contributed by atoms with Gasteiger partial charge in [0.15, 0.2) is 0 Å². The zero-order valence-electron chi connectivity index (χ0n) is 18.8. The molecular weight excluding hydrogens is 455 g/mol. The number of amides is 2. The number of carbonyl (C=O) groups excluding carboxylic acids is 1. The molecule has 7 heteroatoms. The number of hydrogen-bond donors (Lipinski definition) is 1. The lowest BCUT2D eigenvalue weighted by Crippen LogP contribution is -2.47. The summed E-state index contributed by atoms with van der Waals surface area (Å²) in [4.78, 5) is 17.8. The Hall–Kier alpha value is -2.26. The lowest BCUT2D eigenvalue weighted by Gasteiger charge is -2.38. The van der Waals surface area contributed by atoms with Gasteiger partial charge in [-0.3, -0.25) is 0 Å². The van der Waals surface area contributed by atoms with E-state index in [0.717, 1.165) is 45.3 Å². The molecule has 2 aromatic carbocycles. The molecular formula is C26H30Cl2N4O. The number of nitrogens with one attached hydrogen (secondary N) is 1. The molecule has 0 spiro atoms. The molecule has 2 fully saturated rings. The third-order valence-electron chi connectivity index (χ3n) is 6.91. The van der Waals surface area contributed by atoms with Gasteiger partial charge in [-0.2, -0.15) is 5.26 Å². The molecule has 0 bridgehead atoms. The smallest absolute Gasteiger partial charge is 0.320 e. The Morgan fingerprint density at radius 2 is 1.82 bits per heavy atom. The van der Waals surface area contributed by atoms with E-state index in [9.17, 15) is 10.1 Å². The van der Waals surface area contributed by atoms with Crippen LogP contribution < -0.4 is 5.32 Å². The van der Waals surface area contributed by atoms with Crippen molar-refractivity contribution in [3.8, 4) is 6.07 Å². The third-order valence-corrected chi connectivity index (χ3v) is 7.65. The minimum Gasteiger partial charge on any atom is -0.320 e. The second kappa shape index (κ2) is 11.2. The summed E-state index contributed by atoms with van der Waals surface area (Å²) < 4.78 is 0. The van der Waals surface area contributed by atoms with Crippen LogP contribution in [0.4, 0.5) is 10.5 Å². The highest BCUT2D eigenvalue weighted by atomic mass is 35.5. The maximum Gasteiger partial charge on any atom is 0.322 e. The second-order valence-corrected chi connectivity index (χ2v) is 9.86. The van der Waals surface area contributed by atoms with Crippen LogP contribution in [0.25, 0.3) is 0 Å². The number of hydrogen-bond acceptors (Lipinski definition) is 3. The van der Waals surface area contributed by atoms with Gasteiger partial charge in [-0.15, -0.1) is 0 Å². The molecule has 2 aliphatic rings. The van der Waals surface area contributed by atoms with Crippen molar-refractivity contribution in [3.05, 3.63) is 63.6 Å². The fraction of sp³-hybridized carbons (Fsp3) is 0.462. The van der Waals surface area contributed by atoms with Gasteiger partial charge < -0.3 is 15.1 Å². The first-order valence-electron chi connectivity index (χ1n) is 11.8. The van der Waals surface area contributed by atoms with Gasteiger partial charge in [0.1, 0.15) is 0 Å². The number of carbonyl (C=O) groups is 1. The summed E-state index contributed by atoms with van der Waals surface area (Å²) in [6.45, 7) is 3.85. The largest absolute Gasteiger partial charge is 0.322 e. The number of halogens is 2. The van der Waals surface area contributed by atoms with Gasteiger partial charge in [-0.05, 0) is 93.4 Å². The molecule has 1 aliphatic carbocycles. The molecule has 0 unspecified atom stereocenters. The monoisotopic (exact) mass is 484 g/mol. The van der Waals surface area contributed by atoms with Gasteiger partial charge in [0.05, 0.1) is 21.7 Å². The molecule has 1 saturated heterocycles. The molecule has 2 amide bonds. The van der Waals surface area contributed by atoms with Crippen molar-refractivity contribution < 1.29 is 4.79 Å². The van der Waals surface area contributed by atoms with Crippen LogP contribution in [0, 0.1) is 11.3 Å². The summed E-state index contributed by atoms with van der Waals surface area (Å²) in [5.74, 6) is 0.438.